The van der Waals surface area contributed by atoms with Gasteiger partial charge in [0.1, 0.15) is 5.17 Å². The third-order valence-electron chi connectivity index (χ3n) is 4.57. The van der Waals surface area contributed by atoms with Crippen LogP contribution in [0.5, 0.6) is 0 Å². The van der Waals surface area contributed by atoms with Crippen LogP contribution in [0.2, 0.25) is 0 Å². The standard InChI is InChI=1S/C25H20ClN3/c1-18(26)29-25(23-13-12-20-8-2-3-9-21(20)16-23)28-17-19-7-6-10-22(15-19)24-11-4-5-14-27-24/h2-16H,17H2,1H3. The molecule has 29 heavy (non-hydrogen) atoms. The smallest absolute Gasteiger partial charge is 0.156 e. The normalized spacial score (nSPS) is 12.3. The number of halogens is 1. The molecule has 4 heteroatoms. The summed E-state index contributed by atoms with van der Waals surface area (Å²) in [5.74, 6) is 0.631. The molecule has 0 bridgehead atoms. The highest BCUT2D eigenvalue weighted by molar-refractivity contribution is 6.65. The second kappa shape index (κ2) is 8.80. The Hall–Kier alpha value is -3.30. The predicted molar refractivity (Wildman–Crippen MR) is 123 cm³/mol. The summed E-state index contributed by atoms with van der Waals surface area (Å²) in [6.07, 6.45) is 1.80. The first-order valence-corrected chi connectivity index (χ1v) is 9.81. The number of pyridine rings is 1. The van der Waals surface area contributed by atoms with E-state index < -0.39 is 0 Å². The number of hydrogen-bond acceptors (Lipinski definition) is 2. The van der Waals surface area contributed by atoms with Crippen LogP contribution in [-0.2, 0) is 6.54 Å². The molecule has 0 aliphatic heterocycles. The Morgan fingerprint density at radius 2 is 1.69 bits per heavy atom. The molecule has 3 nitrogen and oxygen atoms in total. The Morgan fingerprint density at radius 1 is 0.862 bits per heavy atom. The maximum atomic E-state index is 6.09. The van der Waals surface area contributed by atoms with Crippen LogP contribution in [0.15, 0.2) is 101 Å². The monoisotopic (exact) mass is 397 g/mol. The van der Waals surface area contributed by atoms with Gasteiger partial charge in [-0.2, -0.15) is 0 Å². The van der Waals surface area contributed by atoms with E-state index in [9.17, 15) is 0 Å². The van der Waals surface area contributed by atoms with Gasteiger partial charge in [-0.15, -0.1) is 0 Å². The molecule has 0 N–H and O–H groups in total. The molecule has 0 aliphatic carbocycles. The van der Waals surface area contributed by atoms with Gasteiger partial charge in [0.25, 0.3) is 0 Å². The Balaban J connectivity index is 1.66. The number of hydrogen-bond donors (Lipinski definition) is 0. The Labute approximate surface area is 175 Å². The summed E-state index contributed by atoms with van der Waals surface area (Å²) in [4.78, 5) is 13.7. The fourth-order valence-corrected chi connectivity index (χ4v) is 3.27. The fraction of sp³-hybridized carbons (Fsp3) is 0.0800. The van der Waals surface area contributed by atoms with Gasteiger partial charge >= 0.3 is 0 Å². The molecule has 0 fully saturated rings. The lowest BCUT2D eigenvalue weighted by Gasteiger charge is -2.06. The third-order valence-corrected chi connectivity index (χ3v) is 4.65. The summed E-state index contributed by atoms with van der Waals surface area (Å²) in [7, 11) is 0. The second-order valence-corrected chi connectivity index (χ2v) is 7.27. The SMILES string of the molecule is CC(Cl)=NC(=NCc1cccc(-c2ccccn2)c1)c1ccc2ccccc2c1. The van der Waals surface area contributed by atoms with Gasteiger partial charge in [0.15, 0.2) is 5.84 Å². The van der Waals surface area contributed by atoms with Gasteiger partial charge in [-0.05, 0) is 47.5 Å². The number of fused-ring (bicyclic) bond motifs is 1. The maximum Gasteiger partial charge on any atom is 0.156 e. The minimum Gasteiger partial charge on any atom is -0.261 e. The highest BCUT2D eigenvalue weighted by atomic mass is 35.5. The van der Waals surface area contributed by atoms with Gasteiger partial charge in [-0.3, -0.25) is 9.98 Å². The van der Waals surface area contributed by atoms with Gasteiger partial charge < -0.3 is 0 Å². The van der Waals surface area contributed by atoms with E-state index in [0.29, 0.717) is 17.6 Å². The molecule has 0 spiro atoms. The van der Waals surface area contributed by atoms with Crippen LogP contribution < -0.4 is 0 Å². The zero-order valence-corrected chi connectivity index (χ0v) is 16.8. The van der Waals surface area contributed by atoms with E-state index in [2.05, 4.69) is 52.4 Å². The van der Waals surface area contributed by atoms with Gasteiger partial charge in [0.2, 0.25) is 0 Å². The Morgan fingerprint density at radius 3 is 2.48 bits per heavy atom. The molecule has 4 aromatic rings. The lowest BCUT2D eigenvalue weighted by Crippen LogP contribution is -2.01. The number of amidine groups is 1. The molecule has 3 aromatic carbocycles. The summed E-state index contributed by atoms with van der Waals surface area (Å²) in [6, 6.07) is 28.6. The average molecular weight is 398 g/mol. The molecule has 1 heterocycles. The molecule has 0 amide bonds. The number of benzene rings is 3. The van der Waals surface area contributed by atoms with Crippen molar-refractivity contribution in [1.82, 2.24) is 4.98 Å². The Kier molecular flexibility index (Phi) is 5.78. The first kappa shape index (κ1) is 19.0. The number of nitrogens with zero attached hydrogens (tertiary/aromatic N) is 3. The van der Waals surface area contributed by atoms with E-state index >= 15 is 0 Å². The lowest BCUT2D eigenvalue weighted by atomic mass is 10.1. The molecule has 0 atom stereocenters. The number of aromatic nitrogens is 1. The molecule has 142 valence electrons. The van der Waals surface area contributed by atoms with Crippen LogP contribution in [0, 0.1) is 0 Å². The van der Waals surface area contributed by atoms with E-state index in [1.54, 1.807) is 13.1 Å². The molecule has 0 aliphatic rings. The predicted octanol–water partition coefficient (Wildman–Crippen LogP) is 6.51. The Bertz CT molecular complexity index is 1190. The maximum absolute atomic E-state index is 6.09. The van der Waals surface area contributed by atoms with Crippen LogP contribution in [0.25, 0.3) is 22.0 Å². The summed E-state index contributed by atoms with van der Waals surface area (Å²) in [6.45, 7) is 2.27. The zero-order chi connectivity index (χ0) is 20.1. The highest BCUT2D eigenvalue weighted by Gasteiger charge is 2.06. The third kappa shape index (κ3) is 4.76. The van der Waals surface area contributed by atoms with Crippen LogP contribution in [0.4, 0.5) is 0 Å². The summed E-state index contributed by atoms with van der Waals surface area (Å²) in [5.41, 5.74) is 4.06. The summed E-state index contributed by atoms with van der Waals surface area (Å²) >= 11 is 6.09. The van der Waals surface area contributed by atoms with Crippen molar-refractivity contribution >= 4 is 33.4 Å². The molecular formula is C25H20ClN3. The van der Waals surface area contributed by atoms with Gasteiger partial charge in [-0.25, -0.2) is 4.99 Å². The van der Waals surface area contributed by atoms with Gasteiger partial charge in [-0.1, -0.05) is 72.3 Å². The molecule has 0 saturated heterocycles. The van der Waals surface area contributed by atoms with Crippen LogP contribution in [0.3, 0.4) is 0 Å². The van der Waals surface area contributed by atoms with E-state index in [4.69, 9.17) is 16.6 Å². The largest absolute Gasteiger partial charge is 0.261 e. The zero-order valence-electron chi connectivity index (χ0n) is 16.1. The van der Waals surface area contributed by atoms with Gasteiger partial charge in [0, 0.05) is 17.3 Å². The van der Waals surface area contributed by atoms with Crippen LogP contribution in [0.1, 0.15) is 18.1 Å². The van der Waals surface area contributed by atoms with E-state index in [-0.39, 0.29) is 0 Å². The fourth-order valence-electron chi connectivity index (χ4n) is 3.19. The first-order valence-electron chi connectivity index (χ1n) is 9.44. The number of aliphatic imine (C=N–C) groups is 2. The second-order valence-electron chi connectivity index (χ2n) is 6.73. The van der Waals surface area contributed by atoms with Crippen molar-refractivity contribution < 1.29 is 0 Å². The van der Waals surface area contributed by atoms with Crippen molar-refractivity contribution in [2.75, 3.05) is 0 Å². The topological polar surface area (TPSA) is 37.6 Å². The summed E-state index contributed by atoms with van der Waals surface area (Å²) < 4.78 is 0. The van der Waals surface area contributed by atoms with E-state index in [1.165, 1.54) is 5.39 Å². The molecular weight excluding hydrogens is 378 g/mol. The summed E-state index contributed by atoms with van der Waals surface area (Å²) in [5, 5.41) is 2.79. The van der Waals surface area contributed by atoms with Crippen molar-refractivity contribution in [2.45, 2.75) is 13.5 Å². The molecule has 0 saturated carbocycles. The van der Waals surface area contributed by atoms with Crippen molar-refractivity contribution in [2.24, 2.45) is 9.98 Å². The highest BCUT2D eigenvalue weighted by Crippen LogP contribution is 2.20. The van der Waals surface area contributed by atoms with Crippen LogP contribution >= 0.6 is 11.6 Å². The average Bonchev–Trinajstić information content (AvgIpc) is 2.77. The van der Waals surface area contributed by atoms with Crippen molar-refractivity contribution in [3.05, 3.63) is 102 Å². The lowest BCUT2D eigenvalue weighted by molar-refractivity contribution is 1.06. The van der Waals surface area contributed by atoms with E-state index in [1.807, 2.05) is 42.5 Å². The molecule has 1 aromatic heterocycles. The molecule has 0 unspecified atom stereocenters. The number of rotatable bonds is 4. The first-order chi connectivity index (χ1) is 14.2. The van der Waals surface area contributed by atoms with Crippen molar-refractivity contribution in [3.63, 3.8) is 0 Å². The van der Waals surface area contributed by atoms with Crippen molar-refractivity contribution in [1.29, 1.82) is 0 Å². The molecule has 0 radical (unpaired) electrons. The van der Waals surface area contributed by atoms with Crippen LogP contribution in [-0.4, -0.2) is 16.0 Å². The van der Waals surface area contributed by atoms with Gasteiger partial charge in [0.05, 0.1) is 12.2 Å². The minimum atomic E-state index is 0.458. The minimum absolute atomic E-state index is 0.458. The quantitative estimate of drug-likeness (QED) is 0.286. The van der Waals surface area contributed by atoms with E-state index in [0.717, 1.165) is 27.8 Å². The van der Waals surface area contributed by atoms with Crippen molar-refractivity contribution in [3.8, 4) is 11.3 Å². The molecule has 4 rings (SSSR count).